The van der Waals surface area contributed by atoms with Crippen molar-refractivity contribution in [1.29, 1.82) is 0 Å². The molecule has 6 aromatic rings. The van der Waals surface area contributed by atoms with E-state index in [4.69, 9.17) is 24.7 Å². The van der Waals surface area contributed by atoms with Crippen molar-refractivity contribution in [2.45, 2.75) is 64.2 Å². The van der Waals surface area contributed by atoms with E-state index in [1.54, 1.807) is 0 Å². The Morgan fingerprint density at radius 3 is 1.54 bits per heavy atom. The van der Waals surface area contributed by atoms with E-state index in [0.717, 1.165) is 74.4 Å². The van der Waals surface area contributed by atoms with Gasteiger partial charge in [0.15, 0.2) is 0 Å². The Balaban J connectivity index is 1.45. The average molecular weight is 633 g/mol. The van der Waals surface area contributed by atoms with Gasteiger partial charge in [0.05, 0.1) is 57.4 Å². The van der Waals surface area contributed by atoms with E-state index >= 15 is 0 Å². The summed E-state index contributed by atoms with van der Waals surface area (Å²) < 4.78 is 5.65. The summed E-state index contributed by atoms with van der Waals surface area (Å²) in [4.78, 5) is 35.1. The van der Waals surface area contributed by atoms with E-state index in [9.17, 15) is 4.79 Å². The largest absolute Gasteiger partial charge is 0.466 e. The van der Waals surface area contributed by atoms with Gasteiger partial charge in [0.2, 0.25) is 0 Å². The van der Waals surface area contributed by atoms with E-state index in [1.807, 2.05) is 56.3 Å². The summed E-state index contributed by atoms with van der Waals surface area (Å²) in [6.45, 7) is 8.82. The van der Waals surface area contributed by atoms with Gasteiger partial charge in [-0.15, -0.1) is 0 Å². The van der Waals surface area contributed by atoms with Gasteiger partial charge in [-0.2, -0.15) is 0 Å². The van der Waals surface area contributed by atoms with Crippen molar-refractivity contribution >= 4 is 28.0 Å². The molecule has 0 amide bonds. The molecule has 2 unspecified atom stereocenters. The quantitative estimate of drug-likeness (QED) is 0.148. The minimum atomic E-state index is -0.662. The summed E-state index contributed by atoms with van der Waals surface area (Å²) in [5, 5.41) is 0. The van der Waals surface area contributed by atoms with Crippen LogP contribution in [0.4, 0.5) is 0 Å². The molecule has 2 heterocycles. The van der Waals surface area contributed by atoms with Gasteiger partial charge in [0.25, 0.3) is 0 Å². The molecule has 0 spiro atoms. The summed E-state index contributed by atoms with van der Waals surface area (Å²) in [7, 11) is 0. The lowest BCUT2D eigenvalue weighted by molar-refractivity contribution is -0.148. The Hall–Kier alpha value is -4.97. The predicted octanol–water partition coefficient (Wildman–Crippen LogP) is 9.22. The maximum absolute atomic E-state index is 13.5. The first kappa shape index (κ1) is 30.4. The fourth-order valence-electron chi connectivity index (χ4n) is 8.57. The summed E-state index contributed by atoms with van der Waals surface area (Å²) >= 11 is 0. The summed E-state index contributed by atoms with van der Waals surface area (Å²) in [6.07, 6.45) is 3.12. The molecule has 0 saturated carbocycles. The number of carbonyl (C=O) groups excluding carboxylic acids is 1. The predicted molar refractivity (Wildman–Crippen MR) is 191 cm³/mol. The second-order valence-corrected chi connectivity index (χ2v) is 13.8. The summed E-state index contributed by atoms with van der Waals surface area (Å²) in [6, 6.07) is 33.6. The van der Waals surface area contributed by atoms with Gasteiger partial charge in [0, 0.05) is 22.0 Å². The lowest BCUT2D eigenvalue weighted by Gasteiger charge is -2.43. The van der Waals surface area contributed by atoms with Gasteiger partial charge >= 0.3 is 5.97 Å². The smallest absolute Gasteiger partial charge is 0.308 e. The number of hydrogen-bond acceptors (Lipinski definition) is 6. The standard InChI is InChI=1S/C42H40N4O2/c1-5-26(3)23-41(30-17-9-7-15-28(30)36-38(41)45-34-21-13-11-19-32(34)43-36)25-42(24-27(4)40(47)48-6-2)31-18-10-8-16-29(31)37-39(42)46-35-22-14-12-20-33(35)44-37/h7-22,26-27H,5-6,23-25H2,1-4H3/t26?,27?,41-,42+/m1/s1. The molecule has 48 heavy (non-hydrogen) atoms. The number of ether oxygens (including phenoxy) is 1. The number of nitrogens with zero attached hydrogens (tertiary/aromatic N) is 4. The van der Waals surface area contributed by atoms with Crippen LogP contribution in [-0.2, 0) is 20.4 Å². The third-order valence-electron chi connectivity index (χ3n) is 10.8. The molecule has 0 saturated heterocycles. The van der Waals surface area contributed by atoms with Gasteiger partial charge in [0.1, 0.15) is 0 Å². The minimum absolute atomic E-state index is 0.189. The lowest BCUT2D eigenvalue weighted by Crippen LogP contribution is -2.41. The molecule has 2 aromatic heterocycles. The molecule has 2 aliphatic carbocycles. The molecular formula is C42H40N4O2. The molecule has 0 N–H and O–H groups in total. The Labute approximate surface area is 281 Å². The van der Waals surface area contributed by atoms with E-state index in [1.165, 1.54) is 5.56 Å². The van der Waals surface area contributed by atoms with Crippen LogP contribution >= 0.6 is 0 Å². The average Bonchev–Trinajstić information content (AvgIpc) is 3.52. The minimum Gasteiger partial charge on any atom is -0.466 e. The second kappa shape index (κ2) is 11.6. The molecular weight excluding hydrogens is 592 g/mol. The number of hydrogen-bond donors (Lipinski definition) is 0. The molecule has 2 aliphatic rings. The monoisotopic (exact) mass is 632 g/mol. The van der Waals surface area contributed by atoms with E-state index in [0.29, 0.717) is 25.4 Å². The van der Waals surface area contributed by atoms with Crippen LogP contribution in [0.5, 0.6) is 0 Å². The topological polar surface area (TPSA) is 77.9 Å². The van der Waals surface area contributed by atoms with Crippen LogP contribution in [0.15, 0.2) is 97.1 Å². The molecule has 6 heteroatoms. The zero-order valence-corrected chi connectivity index (χ0v) is 28.0. The third-order valence-corrected chi connectivity index (χ3v) is 10.8. The number of carbonyl (C=O) groups is 1. The normalized spacial score (nSPS) is 20.2. The molecule has 6 nitrogen and oxygen atoms in total. The first-order chi connectivity index (χ1) is 23.4. The Kier molecular flexibility index (Phi) is 7.35. The second-order valence-electron chi connectivity index (χ2n) is 13.8. The van der Waals surface area contributed by atoms with E-state index in [-0.39, 0.29) is 11.9 Å². The Morgan fingerprint density at radius 1 is 0.625 bits per heavy atom. The Bertz CT molecular complexity index is 2210. The first-order valence-corrected chi connectivity index (χ1v) is 17.3. The first-order valence-electron chi connectivity index (χ1n) is 17.3. The van der Waals surface area contributed by atoms with E-state index < -0.39 is 10.8 Å². The van der Waals surface area contributed by atoms with E-state index in [2.05, 4.69) is 68.4 Å². The van der Waals surface area contributed by atoms with Crippen LogP contribution in [-0.4, -0.2) is 32.5 Å². The maximum Gasteiger partial charge on any atom is 0.308 e. The molecule has 0 aliphatic heterocycles. The van der Waals surface area contributed by atoms with Crippen LogP contribution < -0.4 is 0 Å². The lowest BCUT2D eigenvalue weighted by atomic mass is 9.59. The molecule has 0 radical (unpaired) electrons. The highest BCUT2D eigenvalue weighted by atomic mass is 16.5. The van der Waals surface area contributed by atoms with Crippen molar-refractivity contribution < 1.29 is 9.53 Å². The molecule has 0 fully saturated rings. The van der Waals surface area contributed by atoms with Crippen molar-refractivity contribution in [2.75, 3.05) is 6.61 Å². The summed E-state index contributed by atoms with van der Waals surface area (Å²) in [5.74, 6) is -0.169. The number of esters is 1. The SMILES string of the molecule is CCOC(=O)C(C)C[C@]1(C[C@]2(CC(C)CC)c3ccccc3-c3nc4ccccc4nc32)c2ccccc2-c2nc3ccccc3nc21. The van der Waals surface area contributed by atoms with Gasteiger partial charge in [-0.05, 0) is 67.5 Å². The number of aromatic nitrogens is 4. The fourth-order valence-corrected chi connectivity index (χ4v) is 8.57. The van der Waals surface area contributed by atoms with Crippen molar-refractivity contribution in [3.63, 3.8) is 0 Å². The molecule has 8 rings (SSSR count). The van der Waals surface area contributed by atoms with Gasteiger partial charge in [-0.1, -0.05) is 100.0 Å². The molecule has 0 bridgehead atoms. The van der Waals surface area contributed by atoms with Crippen molar-refractivity contribution in [2.24, 2.45) is 11.8 Å². The zero-order chi connectivity index (χ0) is 33.0. The number of para-hydroxylation sites is 4. The number of benzene rings is 4. The highest BCUT2D eigenvalue weighted by Gasteiger charge is 2.56. The van der Waals surface area contributed by atoms with Crippen molar-refractivity contribution in [3.8, 4) is 22.5 Å². The van der Waals surface area contributed by atoms with Crippen LogP contribution in [0.2, 0.25) is 0 Å². The number of rotatable bonds is 9. The van der Waals surface area contributed by atoms with Crippen LogP contribution in [0.3, 0.4) is 0 Å². The number of fused-ring (bicyclic) bond motifs is 8. The zero-order valence-electron chi connectivity index (χ0n) is 28.0. The van der Waals surface area contributed by atoms with Gasteiger partial charge in [-0.3, -0.25) is 4.79 Å². The highest BCUT2D eigenvalue weighted by Crippen LogP contribution is 2.62. The molecule has 4 atom stereocenters. The van der Waals surface area contributed by atoms with Gasteiger partial charge < -0.3 is 4.74 Å². The third kappa shape index (κ3) is 4.56. The molecule has 4 aromatic carbocycles. The van der Waals surface area contributed by atoms with Crippen LogP contribution in [0.1, 0.15) is 75.9 Å². The summed E-state index contributed by atoms with van der Waals surface area (Å²) in [5.41, 5.74) is 10.8. The maximum atomic E-state index is 13.5. The van der Waals surface area contributed by atoms with Crippen molar-refractivity contribution in [3.05, 3.63) is 120 Å². The molecule has 240 valence electrons. The van der Waals surface area contributed by atoms with Gasteiger partial charge in [-0.25, -0.2) is 19.9 Å². The Morgan fingerprint density at radius 2 is 1.06 bits per heavy atom. The van der Waals surface area contributed by atoms with Crippen molar-refractivity contribution in [1.82, 2.24) is 19.9 Å². The fraction of sp³-hybridized carbons (Fsp3) is 0.310. The highest BCUT2D eigenvalue weighted by molar-refractivity contribution is 5.87. The van der Waals surface area contributed by atoms with Crippen LogP contribution in [0, 0.1) is 11.8 Å². The van der Waals surface area contributed by atoms with Crippen LogP contribution in [0.25, 0.3) is 44.6 Å².